The number of rotatable bonds is 8. The van der Waals surface area contributed by atoms with E-state index in [4.69, 9.17) is 18.9 Å². The van der Waals surface area contributed by atoms with Crippen molar-refractivity contribution in [3.63, 3.8) is 0 Å². The number of ether oxygens (including phenoxy) is 4. The van der Waals surface area contributed by atoms with Crippen molar-refractivity contribution in [3.05, 3.63) is 24.3 Å². The SMILES string of the molecule is COc1ccc(OCCNC(=O)CCN2CCC3(CC2)OCCO3)cc1. The van der Waals surface area contributed by atoms with Gasteiger partial charge in [0.15, 0.2) is 5.79 Å². The molecule has 0 bridgehead atoms. The number of carbonyl (C=O) groups excluding carboxylic acids is 1. The number of piperidine rings is 1. The van der Waals surface area contributed by atoms with Crippen molar-refractivity contribution in [1.82, 2.24) is 10.2 Å². The molecule has 1 aromatic rings. The van der Waals surface area contributed by atoms with Gasteiger partial charge in [0.1, 0.15) is 18.1 Å². The Morgan fingerprint density at radius 1 is 1.15 bits per heavy atom. The molecule has 2 fully saturated rings. The summed E-state index contributed by atoms with van der Waals surface area (Å²) in [4.78, 5) is 14.3. The van der Waals surface area contributed by atoms with E-state index >= 15 is 0 Å². The van der Waals surface area contributed by atoms with Crippen LogP contribution >= 0.6 is 0 Å². The molecule has 7 heteroatoms. The zero-order valence-electron chi connectivity index (χ0n) is 15.4. The van der Waals surface area contributed by atoms with Gasteiger partial charge in [0, 0.05) is 38.9 Å². The van der Waals surface area contributed by atoms with Gasteiger partial charge in [-0.05, 0) is 24.3 Å². The van der Waals surface area contributed by atoms with Crippen molar-refractivity contribution < 1.29 is 23.7 Å². The molecule has 0 unspecified atom stereocenters. The molecule has 26 heavy (non-hydrogen) atoms. The Morgan fingerprint density at radius 3 is 2.46 bits per heavy atom. The lowest BCUT2D eigenvalue weighted by Gasteiger charge is -2.37. The highest BCUT2D eigenvalue weighted by atomic mass is 16.7. The molecule has 7 nitrogen and oxygen atoms in total. The van der Waals surface area contributed by atoms with Gasteiger partial charge < -0.3 is 29.2 Å². The Balaban J connectivity index is 1.25. The molecule has 1 aromatic carbocycles. The van der Waals surface area contributed by atoms with Gasteiger partial charge in [-0.3, -0.25) is 4.79 Å². The first-order valence-electron chi connectivity index (χ1n) is 9.23. The van der Waals surface area contributed by atoms with Crippen molar-refractivity contribution in [3.8, 4) is 11.5 Å². The standard InChI is InChI=1S/C19H28N2O5/c1-23-16-2-4-17(5-3-16)24-13-9-20-18(22)6-10-21-11-7-19(8-12-21)25-14-15-26-19/h2-5H,6-15H2,1H3,(H,20,22). The van der Waals surface area contributed by atoms with Crippen LogP contribution in [0.1, 0.15) is 19.3 Å². The second-order valence-corrected chi connectivity index (χ2v) is 6.57. The Morgan fingerprint density at radius 2 is 1.81 bits per heavy atom. The lowest BCUT2D eigenvalue weighted by atomic mass is 10.0. The smallest absolute Gasteiger partial charge is 0.221 e. The molecular formula is C19H28N2O5. The summed E-state index contributed by atoms with van der Waals surface area (Å²) < 4.78 is 22.1. The minimum Gasteiger partial charge on any atom is -0.497 e. The second kappa shape index (κ2) is 9.21. The van der Waals surface area contributed by atoms with E-state index in [0.717, 1.165) is 44.0 Å². The third-order valence-electron chi connectivity index (χ3n) is 4.84. The van der Waals surface area contributed by atoms with Crippen molar-refractivity contribution >= 4 is 5.91 Å². The summed E-state index contributed by atoms with van der Waals surface area (Å²) in [7, 11) is 1.63. The summed E-state index contributed by atoms with van der Waals surface area (Å²) >= 11 is 0. The van der Waals surface area contributed by atoms with Crippen LogP contribution in [0.15, 0.2) is 24.3 Å². The fourth-order valence-corrected chi connectivity index (χ4v) is 3.28. The topological polar surface area (TPSA) is 69.3 Å². The van der Waals surface area contributed by atoms with Gasteiger partial charge >= 0.3 is 0 Å². The molecule has 3 rings (SSSR count). The van der Waals surface area contributed by atoms with E-state index in [1.165, 1.54) is 0 Å². The molecule has 2 aliphatic heterocycles. The number of nitrogens with zero attached hydrogens (tertiary/aromatic N) is 1. The van der Waals surface area contributed by atoms with Crippen molar-refractivity contribution in [2.75, 3.05) is 53.1 Å². The number of hydrogen-bond acceptors (Lipinski definition) is 6. The van der Waals surface area contributed by atoms with Crippen LogP contribution in [0.5, 0.6) is 11.5 Å². The maximum Gasteiger partial charge on any atom is 0.221 e. The summed E-state index contributed by atoms with van der Waals surface area (Å²) in [6.07, 6.45) is 2.26. The first-order valence-corrected chi connectivity index (χ1v) is 9.23. The predicted molar refractivity (Wildman–Crippen MR) is 96.4 cm³/mol. The maximum atomic E-state index is 12.0. The summed E-state index contributed by atoms with van der Waals surface area (Å²) in [5.41, 5.74) is 0. The first kappa shape index (κ1) is 18.9. The highest BCUT2D eigenvalue weighted by Gasteiger charge is 2.39. The molecule has 2 heterocycles. The average molecular weight is 364 g/mol. The van der Waals surface area contributed by atoms with Crippen LogP contribution in [-0.2, 0) is 14.3 Å². The van der Waals surface area contributed by atoms with Gasteiger partial charge in [0.05, 0.1) is 26.9 Å². The number of hydrogen-bond donors (Lipinski definition) is 1. The van der Waals surface area contributed by atoms with Gasteiger partial charge in [0.25, 0.3) is 0 Å². The van der Waals surface area contributed by atoms with E-state index < -0.39 is 0 Å². The molecule has 1 amide bonds. The fourth-order valence-electron chi connectivity index (χ4n) is 3.28. The van der Waals surface area contributed by atoms with Gasteiger partial charge in [-0.1, -0.05) is 0 Å². The van der Waals surface area contributed by atoms with Crippen molar-refractivity contribution in [1.29, 1.82) is 0 Å². The third kappa shape index (κ3) is 5.33. The number of likely N-dealkylation sites (tertiary alicyclic amines) is 1. The van der Waals surface area contributed by atoms with Gasteiger partial charge in [0.2, 0.25) is 5.91 Å². The summed E-state index contributed by atoms with van der Waals surface area (Å²) in [5, 5.41) is 2.90. The number of nitrogens with one attached hydrogen (secondary N) is 1. The van der Waals surface area contributed by atoms with Crippen LogP contribution in [-0.4, -0.2) is 69.7 Å². The number of benzene rings is 1. The predicted octanol–water partition coefficient (Wildman–Crippen LogP) is 1.42. The van der Waals surface area contributed by atoms with E-state index in [0.29, 0.717) is 32.8 Å². The molecule has 1 spiro atoms. The monoisotopic (exact) mass is 364 g/mol. The molecular weight excluding hydrogens is 336 g/mol. The molecule has 0 atom stereocenters. The minimum absolute atomic E-state index is 0.0528. The van der Waals surface area contributed by atoms with Crippen LogP contribution in [0, 0.1) is 0 Å². The summed E-state index contributed by atoms with van der Waals surface area (Å²) in [5.74, 6) is 1.26. The van der Waals surface area contributed by atoms with Gasteiger partial charge in [-0.2, -0.15) is 0 Å². The molecule has 144 valence electrons. The molecule has 1 N–H and O–H groups in total. The highest BCUT2D eigenvalue weighted by Crippen LogP contribution is 2.31. The lowest BCUT2D eigenvalue weighted by molar-refractivity contribution is -0.185. The zero-order valence-corrected chi connectivity index (χ0v) is 15.4. The van der Waals surface area contributed by atoms with Crippen molar-refractivity contribution in [2.45, 2.75) is 25.0 Å². The van der Waals surface area contributed by atoms with E-state index in [9.17, 15) is 4.79 Å². The Kier molecular flexibility index (Phi) is 6.71. The zero-order chi connectivity index (χ0) is 18.2. The molecule has 2 saturated heterocycles. The Labute approximate surface area is 154 Å². The van der Waals surface area contributed by atoms with E-state index in [1.807, 2.05) is 24.3 Å². The summed E-state index contributed by atoms with van der Waals surface area (Å²) in [6.45, 7) is 4.92. The number of carbonyl (C=O) groups is 1. The fraction of sp³-hybridized carbons (Fsp3) is 0.632. The molecule has 0 aromatic heterocycles. The van der Waals surface area contributed by atoms with E-state index in [1.54, 1.807) is 7.11 Å². The van der Waals surface area contributed by atoms with Crippen LogP contribution in [0.4, 0.5) is 0 Å². The van der Waals surface area contributed by atoms with Gasteiger partial charge in [-0.15, -0.1) is 0 Å². The molecule has 2 aliphatic rings. The van der Waals surface area contributed by atoms with Crippen LogP contribution in [0.25, 0.3) is 0 Å². The Bertz CT molecular complexity index is 562. The second-order valence-electron chi connectivity index (χ2n) is 6.57. The van der Waals surface area contributed by atoms with Gasteiger partial charge in [-0.25, -0.2) is 0 Å². The quantitative estimate of drug-likeness (QED) is 0.704. The largest absolute Gasteiger partial charge is 0.497 e. The van der Waals surface area contributed by atoms with Crippen molar-refractivity contribution in [2.24, 2.45) is 0 Å². The van der Waals surface area contributed by atoms with Crippen LogP contribution < -0.4 is 14.8 Å². The number of amides is 1. The Hall–Kier alpha value is -1.83. The number of methoxy groups -OCH3 is 1. The van der Waals surface area contributed by atoms with E-state index in [-0.39, 0.29) is 11.7 Å². The maximum absolute atomic E-state index is 12.0. The van der Waals surface area contributed by atoms with Crippen LogP contribution in [0.3, 0.4) is 0 Å². The first-order chi connectivity index (χ1) is 12.7. The summed E-state index contributed by atoms with van der Waals surface area (Å²) in [6, 6.07) is 7.39. The average Bonchev–Trinajstić information content (AvgIpc) is 3.13. The third-order valence-corrected chi connectivity index (χ3v) is 4.84. The normalized spacial score (nSPS) is 19.4. The lowest BCUT2D eigenvalue weighted by Crippen LogP contribution is -2.46. The van der Waals surface area contributed by atoms with Crippen LogP contribution in [0.2, 0.25) is 0 Å². The minimum atomic E-state index is -0.350. The molecule has 0 radical (unpaired) electrons. The highest BCUT2D eigenvalue weighted by molar-refractivity contribution is 5.76. The molecule has 0 aliphatic carbocycles. The molecule has 0 saturated carbocycles. The van der Waals surface area contributed by atoms with E-state index in [2.05, 4.69) is 10.2 Å².